The van der Waals surface area contributed by atoms with Crippen LogP contribution in [0.3, 0.4) is 0 Å². The summed E-state index contributed by atoms with van der Waals surface area (Å²) in [5.74, 6) is 0. The predicted octanol–water partition coefficient (Wildman–Crippen LogP) is 5.90. The second-order valence-electron chi connectivity index (χ2n) is 3.67. The Labute approximate surface area is 127 Å². The summed E-state index contributed by atoms with van der Waals surface area (Å²) in [5.41, 5.74) is 0. The van der Waals surface area contributed by atoms with Crippen LogP contribution >= 0.6 is 36.2 Å². The molecule has 0 aliphatic carbocycles. The number of rotatable bonds is 6. The molecule has 0 nitrogen and oxygen atoms in total. The van der Waals surface area contributed by atoms with E-state index in [9.17, 15) is 0 Å². The molecule has 0 radical (unpaired) electrons. The summed E-state index contributed by atoms with van der Waals surface area (Å²) < 4.78 is 0. The van der Waals surface area contributed by atoms with Crippen molar-refractivity contribution in [2.24, 2.45) is 0 Å². The average molecular weight is 368 g/mol. The van der Waals surface area contributed by atoms with Gasteiger partial charge in [-0.15, -0.1) is 0 Å². The fraction of sp³-hybridized carbons (Fsp3) is 1.00. The standard InChI is InChI=1S/2C6H15P.2ClH.Ni/c2*1-4-7(5-2)6-3;;;/h2*4-6H2,1-3H3;2*1H;/q;;;;+2. The van der Waals surface area contributed by atoms with E-state index in [0.717, 1.165) is 0 Å². The zero-order valence-corrected chi connectivity index (χ0v) is 16.8. The normalized spacial score (nSPS) is 9.76. The molecule has 0 N–H and O–H groups in total. The van der Waals surface area contributed by atoms with Crippen LogP contribution in [0.1, 0.15) is 41.5 Å². The van der Waals surface area contributed by atoms with Gasteiger partial charge >= 0.3 is 33.0 Å². The molecule has 0 bridgehead atoms. The van der Waals surface area contributed by atoms with E-state index >= 15 is 0 Å². The Hall–Kier alpha value is 1.93. The quantitative estimate of drug-likeness (QED) is 0.405. The Balaban J connectivity index is -0.000000188. The SMILES string of the molecule is CC[PH+](CC)CC.CC[PH+](CC)CC.[Cl][Ni][Cl]. The molecule has 0 fully saturated rings. The molecule has 0 amide bonds. The molecule has 0 aromatic rings. The molecule has 0 spiro atoms. The molecule has 0 aliphatic rings. The zero-order chi connectivity index (χ0) is 14.1. The van der Waals surface area contributed by atoms with Crippen molar-refractivity contribution in [3.8, 4) is 0 Å². The van der Waals surface area contributed by atoms with E-state index < -0.39 is 0 Å². The van der Waals surface area contributed by atoms with Crippen LogP contribution in [0.25, 0.3) is 0 Å². The van der Waals surface area contributed by atoms with Gasteiger partial charge in [-0.3, -0.25) is 0 Å². The molecular formula is C12H32Cl2NiP2+2. The molecule has 0 aliphatic heterocycles. The summed E-state index contributed by atoms with van der Waals surface area (Å²) in [6, 6.07) is 0. The third-order valence-corrected chi connectivity index (χ3v) is 9.00. The molecule has 0 saturated carbocycles. The molecule has 0 unspecified atom stereocenters. The molecule has 17 heavy (non-hydrogen) atoms. The monoisotopic (exact) mass is 366 g/mol. The Bertz CT molecular complexity index is 87.7. The fourth-order valence-electron chi connectivity index (χ4n) is 1.50. The van der Waals surface area contributed by atoms with Crippen molar-refractivity contribution >= 4 is 36.2 Å². The van der Waals surface area contributed by atoms with Crippen LogP contribution in [0.5, 0.6) is 0 Å². The van der Waals surface area contributed by atoms with Gasteiger partial charge in [0.2, 0.25) is 0 Å². The molecule has 0 atom stereocenters. The van der Waals surface area contributed by atoms with E-state index in [1.54, 1.807) is 0 Å². The molecule has 0 saturated heterocycles. The van der Waals surface area contributed by atoms with Crippen LogP contribution < -0.4 is 0 Å². The first-order chi connectivity index (χ1) is 8.11. The minimum atomic E-state index is 0.137. The first kappa shape index (κ1) is 24.0. The van der Waals surface area contributed by atoms with Crippen molar-refractivity contribution in [3.05, 3.63) is 0 Å². The van der Waals surface area contributed by atoms with Crippen molar-refractivity contribution in [2.75, 3.05) is 37.0 Å². The number of hydrogen-bond acceptors (Lipinski definition) is 0. The van der Waals surface area contributed by atoms with E-state index in [-0.39, 0.29) is 15.8 Å². The van der Waals surface area contributed by atoms with Gasteiger partial charge in [0.15, 0.2) is 0 Å². The maximum atomic E-state index is 4.70. The molecule has 0 aromatic carbocycles. The summed E-state index contributed by atoms with van der Waals surface area (Å²) in [6.45, 7) is 13.8. The Kier molecular flexibility index (Phi) is 32.5. The topological polar surface area (TPSA) is 0 Å². The van der Waals surface area contributed by atoms with E-state index in [2.05, 4.69) is 41.5 Å². The second-order valence-corrected chi connectivity index (χ2v) is 12.5. The van der Waals surface area contributed by atoms with Gasteiger partial charge in [-0.05, 0) is 57.4 Å². The van der Waals surface area contributed by atoms with Gasteiger partial charge in [-0.2, -0.15) is 0 Å². The molecule has 0 aromatic heterocycles. The molecule has 112 valence electrons. The third kappa shape index (κ3) is 23.5. The first-order valence-corrected chi connectivity index (χ1v) is 13.6. The van der Waals surface area contributed by atoms with E-state index in [1.165, 1.54) is 37.0 Å². The number of hydrogen-bond donors (Lipinski definition) is 0. The van der Waals surface area contributed by atoms with Crippen molar-refractivity contribution in [2.45, 2.75) is 41.5 Å². The van der Waals surface area contributed by atoms with Gasteiger partial charge in [0.1, 0.15) is 0 Å². The van der Waals surface area contributed by atoms with Crippen LogP contribution in [0, 0.1) is 0 Å². The van der Waals surface area contributed by atoms with Crippen LogP contribution in [-0.4, -0.2) is 37.0 Å². The van der Waals surface area contributed by atoms with Crippen LogP contribution in [0.2, 0.25) is 0 Å². The maximum absolute atomic E-state index is 4.70. The summed E-state index contributed by atoms with van der Waals surface area (Å²) in [4.78, 5) is 0. The zero-order valence-electron chi connectivity index (χ0n) is 12.3. The van der Waals surface area contributed by atoms with Crippen molar-refractivity contribution in [1.82, 2.24) is 0 Å². The van der Waals surface area contributed by atoms with Gasteiger partial charge in [-0.25, -0.2) is 0 Å². The second kappa shape index (κ2) is 23.1. The summed E-state index contributed by atoms with van der Waals surface area (Å²) in [6.07, 6.45) is 8.74. The van der Waals surface area contributed by atoms with Crippen LogP contribution in [0.4, 0.5) is 0 Å². The Morgan fingerprint density at radius 2 is 0.706 bits per heavy atom. The predicted molar refractivity (Wildman–Crippen MR) is 91.6 cm³/mol. The Morgan fingerprint density at radius 3 is 0.706 bits per heavy atom. The fourth-order valence-corrected chi connectivity index (χ4v) is 4.50. The number of halogens is 2. The van der Waals surface area contributed by atoms with Crippen molar-refractivity contribution < 1.29 is 12.7 Å². The van der Waals surface area contributed by atoms with Gasteiger partial charge < -0.3 is 0 Å². The third-order valence-electron chi connectivity index (χ3n) is 3.00. The summed E-state index contributed by atoms with van der Waals surface area (Å²) in [5, 5.41) is 0. The minimum absolute atomic E-state index is 0.137. The van der Waals surface area contributed by atoms with Gasteiger partial charge in [0, 0.05) is 0 Å². The molecule has 0 heterocycles. The van der Waals surface area contributed by atoms with Crippen LogP contribution in [-0.2, 0) is 12.7 Å². The van der Waals surface area contributed by atoms with Crippen LogP contribution in [0.15, 0.2) is 0 Å². The average Bonchev–Trinajstić information content (AvgIpc) is 2.35. The van der Waals surface area contributed by atoms with E-state index in [4.69, 9.17) is 20.4 Å². The summed E-state index contributed by atoms with van der Waals surface area (Å²) >= 11 is 0.569. The Morgan fingerprint density at radius 1 is 0.588 bits per heavy atom. The van der Waals surface area contributed by atoms with Gasteiger partial charge in [-0.1, -0.05) is 0 Å². The van der Waals surface area contributed by atoms with E-state index in [0.29, 0.717) is 12.7 Å². The molecule has 0 rings (SSSR count). The van der Waals surface area contributed by atoms with Crippen molar-refractivity contribution in [3.63, 3.8) is 0 Å². The van der Waals surface area contributed by atoms with Crippen molar-refractivity contribution in [1.29, 1.82) is 0 Å². The first-order valence-electron chi connectivity index (χ1n) is 6.60. The van der Waals surface area contributed by atoms with Gasteiger partial charge in [0.25, 0.3) is 0 Å². The summed E-state index contributed by atoms with van der Waals surface area (Å²) in [7, 11) is 9.68. The van der Waals surface area contributed by atoms with Gasteiger partial charge in [0.05, 0.1) is 37.0 Å². The van der Waals surface area contributed by atoms with E-state index in [1.807, 2.05) is 0 Å². The molecular weight excluding hydrogens is 336 g/mol. The molecule has 5 heteroatoms.